The fourth-order valence-electron chi connectivity index (χ4n) is 3.54. The summed E-state index contributed by atoms with van der Waals surface area (Å²) in [5, 5.41) is 4.58. The number of aryl methyl sites for hydroxylation is 1. The summed E-state index contributed by atoms with van der Waals surface area (Å²) in [5.74, 6) is -0.143. The van der Waals surface area contributed by atoms with E-state index in [-0.39, 0.29) is 17.2 Å². The highest BCUT2D eigenvalue weighted by molar-refractivity contribution is 7.99. The Bertz CT molecular complexity index is 1220. The van der Waals surface area contributed by atoms with Crippen LogP contribution in [0.2, 0.25) is 5.02 Å². The molecule has 1 N–H and O–H groups in total. The van der Waals surface area contributed by atoms with Gasteiger partial charge in [-0.1, -0.05) is 46.8 Å². The number of amides is 1. The zero-order valence-electron chi connectivity index (χ0n) is 17.8. The number of benzene rings is 1. The van der Waals surface area contributed by atoms with Gasteiger partial charge in [0.15, 0.2) is 15.9 Å². The molecule has 1 fully saturated rings. The molecular formula is C22H24ClN5O2S2. The quantitative estimate of drug-likeness (QED) is 0.294. The largest absolute Gasteiger partial charge is 0.348 e. The van der Waals surface area contributed by atoms with E-state index in [2.05, 4.69) is 26.8 Å². The molecule has 2 aromatic heterocycles. The van der Waals surface area contributed by atoms with Gasteiger partial charge in [-0.3, -0.25) is 14.2 Å². The minimum absolute atomic E-state index is 0.0857. The van der Waals surface area contributed by atoms with Crippen molar-refractivity contribution in [1.82, 2.24) is 14.5 Å². The maximum atomic E-state index is 13.1. The number of halogens is 1. The first kappa shape index (κ1) is 22.8. The monoisotopic (exact) mass is 489 g/mol. The SMILES string of the molecule is C=CCn1c(SCC(=O)Nc2ccc(C)cc2Cl)nc2nc(N3CCCCC3)sc2c1=O. The van der Waals surface area contributed by atoms with E-state index in [1.807, 2.05) is 13.0 Å². The van der Waals surface area contributed by atoms with E-state index in [4.69, 9.17) is 11.6 Å². The number of allylic oxidation sites excluding steroid dienone is 1. The van der Waals surface area contributed by atoms with E-state index in [1.54, 1.807) is 22.8 Å². The van der Waals surface area contributed by atoms with Gasteiger partial charge in [-0.2, -0.15) is 4.98 Å². The highest BCUT2D eigenvalue weighted by Crippen LogP contribution is 2.29. The number of fused-ring (bicyclic) bond motifs is 1. The Kier molecular flexibility index (Phi) is 7.17. The van der Waals surface area contributed by atoms with Gasteiger partial charge >= 0.3 is 0 Å². The third-order valence-electron chi connectivity index (χ3n) is 5.14. The van der Waals surface area contributed by atoms with Crippen LogP contribution in [0.3, 0.4) is 0 Å². The average Bonchev–Trinajstić information content (AvgIpc) is 3.22. The first-order chi connectivity index (χ1) is 15.5. The summed E-state index contributed by atoms with van der Waals surface area (Å²) in [6.45, 7) is 7.90. The van der Waals surface area contributed by atoms with Gasteiger partial charge in [-0.25, -0.2) is 4.98 Å². The summed E-state index contributed by atoms with van der Waals surface area (Å²) in [4.78, 5) is 37.1. The molecule has 0 radical (unpaired) electrons. The van der Waals surface area contributed by atoms with Crippen molar-refractivity contribution in [2.45, 2.75) is 37.9 Å². The number of carbonyl (C=O) groups excluding carboxylic acids is 1. The summed E-state index contributed by atoms with van der Waals surface area (Å²) in [7, 11) is 0. The Hall–Kier alpha value is -2.36. The summed E-state index contributed by atoms with van der Waals surface area (Å²) >= 11 is 8.79. The molecule has 0 spiro atoms. The van der Waals surface area contributed by atoms with Crippen LogP contribution in [0.1, 0.15) is 24.8 Å². The number of aromatic nitrogens is 3. The minimum Gasteiger partial charge on any atom is -0.348 e. The Morgan fingerprint density at radius 2 is 2.09 bits per heavy atom. The molecule has 0 bridgehead atoms. The molecular weight excluding hydrogens is 466 g/mol. The predicted molar refractivity (Wildman–Crippen MR) is 133 cm³/mol. The number of nitrogens with one attached hydrogen (secondary N) is 1. The Morgan fingerprint density at radius 3 is 2.81 bits per heavy atom. The number of carbonyl (C=O) groups is 1. The van der Waals surface area contributed by atoms with Crippen LogP contribution in [0.15, 0.2) is 40.8 Å². The lowest BCUT2D eigenvalue weighted by Crippen LogP contribution is -2.29. The molecule has 7 nitrogen and oxygen atoms in total. The van der Waals surface area contributed by atoms with Gasteiger partial charge in [0.2, 0.25) is 5.91 Å². The molecule has 1 aliphatic heterocycles. The average molecular weight is 490 g/mol. The summed E-state index contributed by atoms with van der Waals surface area (Å²) in [5.41, 5.74) is 1.85. The van der Waals surface area contributed by atoms with E-state index in [0.29, 0.717) is 32.8 Å². The standard InChI is InChI=1S/C22H24ClN5O2S2/c1-3-9-28-20(30)18-19(25-21(32-18)27-10-5-4-6-11-27)26-22(28)31-13-17(29)24-16-8-7-14(2)12-15(16)23/h3,7-8,12H,1,4-6,9-11,13H2,2H3,(H,24,29). The van der Waals surface area contributed by atoms with Crippen LogP contribution >= 0.6 is 34.7 Å². The lowest BCUT2D eigenvalue weighted by atomic mass is 10.1. The molecule has 32 heavy (non-hydrogen) atoms. The van der Waals surface area contributed by atoms with Crippen molar-refractivity contribution in [3.8, 4) is 0 Å². The second-order valence-electron chi connectivity index (χ2n) is 7.62. The Labute approximate surface area is 199 Å². The van der Waals surface area contributed by atoms with Gasteiger partial charge in [0.1, 0.15) is 4.70 Å². The molecule has 0 unspecified atom stereocenters. The summed E-state index contributed by atoms with van der Waals surface area (Å²) in [6, 6.07) is 5.45. The molecule has 168 valence electrons. The van der Waals surface area contributed by atoms with E-state index in [1.165, 1.54) is 29.5 Å². The molecule has 3 heterocycles. The number of thiazole rings is 1. The molecule has 10 heteroatoms. The van der Waals surface area contributed by atoms with E-state index in [0.717, 1.165) is 36.6 Å². The normalized spacial score (nSPS) is 14.0. The number of thioether (sulfide) groups is 1. The fourth-order valence-corrected chi connectivity index (χ4v) is 5.62. The van der Waals surface area contributed by atoms with Crippen LogP contribution in [0, 0.1) is 6.92 Å². The second kappa shape index (κ2) is 10.1. The molecule has 0 aliphatic carbocycles. The number of piperidine rings is 1. The van der Waals surface area contributed by atoms with Crippen LogP contribution in [-0.2, 0) is 11.3 Å². The zero-order chi connectivity index (χ0) is 22.7. The van der Waals surface area contributed by atoms with Crippen molar-refractivity contribution in [3.05, 3.63) is 51.8 Å². The Balaban J connectivity index is 1.56. The van der Waals surface area contributed by atoms with Crippen LogP contribution < -0.4 is 15.8 Å². The second-order valence-corrected chi connectivity index (χ2v) is 9.94. The molecule has 0 saturated carbocycles. The summed E-state index contributed by atoms with van der Waals surface area (Å²) in [6.07, 6.45) is 5.14. The molecule has 1 amide bonds. The molecule has 3 aromatic rings. The van der Waals surface area contributed by atoms with Crippen molar-refractivity contribution in [1.29, 1.82) is 0 Å². The lowest BCUT2D eigenvalue weighted by molar-refractivity contribution is -0.113. The number of hydrogen-bond acceptors (Lipinski definition) is 7. The number of hydrogen-bond donors (Lipinski definition) is 1. The number of anilines is 2. The van der Waals surface area contributed by atoms with Crippen LogP contribution in [0.5, 0.6) is 0 Å². The maximum Gasteiger partial charge on any atom is 0.274 e. The number of nitrogens with zero attached hydrogens (tertiary/aromatic N) is 4. The highest BCUT2D eigenvalue weighted by Gasteiger charge is 2.20. The lowest BCUT2D eigenvalue weighted by Gasteiger charge is -2.25. The van der Waals surface area contributed by atoms with E-state index < -0.39 is 0 Å². The van der Waals surface area contributed by atoms with Gasteiger partial charge in [0, 0.05) is 19.6 Å². The number of rotatable bonds is 7. The molecule has 1 aromatic carbocycles. The van der Waals surface area contributed by atoms with Crippen LogP contribution in [0.4, 0.5) is 10.8 Å². The van der Waals surface area contributed by atoms with E-state index in [9.17, 15) is 9.59 Å². The first-order valence-corrected chi connectivity index (χ1v) is 12.6. The maximum absolute atomic E-state index is 13.1. The minimum atomic E-state index is -0.229. The van der Waals surface area contributed by atoms with Crippen molar-refractivity contribution < 1.29 is 4.79 Å². The third kappa shape index (κ3) is 5.00. The summed E-state index contributed by atoms with van der Waals surface area (Å²) < 4.78 is 2.08. The molecule has 4 rings (SSSR count). The predicted octanol–water partition coefficient (Wildman–Crippen LogP) is 4.72. The van der Waals surface area contributed by atoms with Gasteiger partial charge in [0.05, 0.1) is 16.5 Å². The first-order valence-electron chi connectivity index (χ1n) is 10.4. The van der Waals surface area contributed by atoms with Crippen molar-refractivity contribution >= 4 is 61.8 Å². The van der Waals surface area contributed by atoms with E-state index >= 15 is 0 Å². The highest BCUT2D eigenvalue weighted by atomic mass is 35.5. The van der Waals surface area contributed by atoms with Crippen molar-refractivity contribution in [2.24, 2.45) is 0 Å². The zero-order valence-corrected chi connectivity index (χ0v) is 20.2. The third-order valence-corrected chi connectivity index (χ3v) is 7.52. The van der Waals surface area contributed by atoms with Gasteiger partial charge in [-0.05, 0) is 43.9 Å². The van der Waals surface area contributed by atoms with Crippen LogP contribution in [0.25, 0.3) is 10.3 Å². The topological polar surface area (TPSA) is 80.1 Å². The molecule has 1 aliphatic rings. The Morgan fingerprint density at radius 1 is 1.31 bits per heavy atom. The fraction of sp³-hybridized carbons (Fsp3) is 0.364. The van der Waals surface area contributed by atoms with Crippen LogP contribution in [-0.4, -0.2) is 39.3 Å². The smallest absolute Gasteiger partial charge is 0.274 e. The van der Waals surface area contributed by atoms with Gasteiger partial charge in [-0.15, -0.1) is 6.58 Å². The van der Waals surface area contributed by atoms with Gasteiger partial charge in [0.25, 0.3) is 5.56 Å². The van der Waals surface area contributed by atoms with Crippen molar-refractivity contribution in [3.63, 3.8) is 0 Å². The molecule has 1 saturated heterocycles. The molecule has 0 atom stereocenters. The van der Waals surface area contributed by atoms with Gasteiger partial charge < -0.3 is 10.2 Å². The van der Waals surface area contributed by atoms with Crippen molar-refractivity contribution in [2.75, 3.05) is 29.1 Å².